The van der Waals surface area contributed by atoms with Gasteiger partial charge in [-0.1, -0.05) is 18.2 Å². The first-order valence-corrected chi connectivity index (χ1v) is 12.1. The molecule has 0 atom stereocenters. The van der Waals surface area contributed by atoms with Gasteiger partial charge >= 0.3 is 0 Å². The Morgan fingerprint density at radius 2 is 0.963 bits per heavy atom. The molecule has 27 heavy (non-hydrogen) atoms. The van der Waals surface area contributed by atoms with Crippen LogP contribution in [-0.4, -0.2) is 45.4 Å². The van der Waals surface area contributed by atoms with Crippen LogP contribution in [0.3, 0.4) is 0 Å². The summed E-state index contributed by atoms with van der Waals surface area (Å²) in [5.41, 5.74) is 0. The molecule has 0 bridgehead atoms. The van der Waals surface area contributed by atoms with Crippen LogP contribution >= 0.6 is 0 Å². The van der Waals surface area contributed by atoms with E-state index in [1.54, 1.807) is 18.2 Å². The van der Waals surface area contributed by atoms with Gasteiger partial charge in [-0.15, -0.1) is 0 Å². The largest absolute Gasteiger partial charge is 0.240 e. The van der Waals surface area contributed by atoms with E-state index in [0.717, 1.165) is 12.1 Å². The molecule has 0 unspecified atom stereocenters. The van der Waals surface area contributed by atoms with Crippen LogP contribution in [0.4, 0.5) is 0 Å². The van der Waals surface area contributed by atoms with E-state index in [1.165, 1.54) is 31.3 Å². The van der Waals surface area contributed by atoms with Crippen molar-refractivity contribution in [1.82, 2.24) is 14.2 Å². The Hall–Kier alpha value is -1.83. The van der Waals surface area contributed by atoms with E-state index >= 15 is 0 Å². The van der Waals surface area contributed by atoms with Crippen molar-refractivity contribution in [3.8, 4) is 0 Å². The van der Waals surface area contributed by atoms with Crippen LogP contribution in [0.1, 0.15) is 0 Å². The van der Waals surface area contributed by atoms with Crippen molar-refractivity contribution in [2.24, 2.45) is 0 Å². The minimum absolute atomic E-state index is 0.0698. The topological polar surface area (TPSA) is 139 Å². The van der Waals surface area contributed by atoms with Gasteiger partial charge in [0.25, 0.3) is 0 Å². The van der Waals surface area contributed by atoms with E-state index in [9.17, 15) is 25.3 Å². The van der Waals surface area contributed by atoms with E-state index in [1.807, 2.05) is 0 Å². The number of rotatable bonds is 9. The Labute approximate surface area is 159 Å². The Morgan fingerprint density at radius 1 is 0.593 bits per heavy atom. The van der Waals surface area contributed by atoms with Crippen molar-refractivity contribution in [2.45, 2.75) is 14.7 Å². The molecule has 0 saturated carbocycles. The predicted octanol–water partition coefficient (Wildman–Crippen LogP) is -0.148. The minimum atomic E-state index is -3.91. The number of sulfonamides is 3. The Kier molecular flexibility index (Phi) is 6.72. The first-order valence-electron chi connectivity index (χ1n) is 7.66. The summed E-state index contributed by atoms with van der Waals surface area (Å²) in [6, 6.07) is 12.3. The third kappa shape index (κ3) is 5.57. The van der Waals surface area contributed by atoms with Gasteiger partial charge in [-0.2, -0.15) is 0 Å². The number of hydrogen-bond acceptors (Lipinski definition) is 6. The highest BCUT2D eigenvalue weighted by atomic mass is 32.2. The van der Waals surface area contributed by atoms with Crippen molar-refractivity contribution < 1.29 is 25.3 Å². The van der Waals surface area contributed by atoms with Gasteiger partial charge in [0.1, 0.15) is 0 Å². The maximum Gasteiger partial charge on any atom is 0.240 e. The Balaban J connectivity index is 1.97. The molecule has 2 aromatic carbocycles. The second-order valence-electron chi connectivity index (χ2n) is 5.29. The molecule has 0 fully saturated rings. The number of nitrogens with one attached hydrogen (secondary N) is 3. The van der Waals surface area contributed by atoms with Crippen LogP contribution in [0, 0.1) is 0 Å². The van der Waals surface area contributed by atoms with E-state index < -0.39 is 30.1 Å². The maximum atomic E-state index is 12.2. The lowest BCUT2D eigenvalue weighted by atomic mass is 10.4. The summed E-state index contributed by atoms with van der Waals surface area (Å²) < 4.78 is 78.4. The van der Waals surface area contributed by atoms with Crippen molar-refractivity contribution in [2.75, 3.05) is 20.1 Å². The van der Waals surface area contributed by atoms with Gasteiger partial charge in [-0.05, 0) is 43.4 Å². The molecule has 0 radical (unpaired) electrons. The zero-order valence-corrected chi connectivity index (χ0v) is 16.7. The van der Waals surface area contributed by atoms with Gasteiger partial charge in [-0.3, -0.25) is 0 Å². The van der Waals surface area contributed by atoms with Gasteiger partial charge in [0.05, 0.1) is 14.7 Å². The van der Waals surface area contributed by atoms with Crippen LogP contribution in [0.25, 0.3) is 0 Å². The molecule has 2 rings (SSSR count). The second-order valence-corrected chi connectivity index (χ2v) is 10.7. The van der Waals surface area contributed by atoms with Crippen LogP contribution in [0.5, 0.6) is 0 Å². The fourth-order valence-electron chi connectivity index (χ4n) is 2.05. The first-order chi connectivity index (χ1) is 12.6. The molecule has 0 saturated heterocycles. The monoisotopic (exact) mass is 433 g/mol. The van der Waals surface area contributed by atoms with Gasteiger partial charge in [0.15, 0.2) is 0 Å². The lowest BCUT2D eigenvalue weighted by molar-refractivity contribution is 0.570. The quantitative estimate of drug-likeness (QED) is 0.470. The maximum absolute atomic E-state index is 12.2. The molecule has 0 spiro atoms. The summed E-state index contributed by atoms with van der Waals surface area (Å²) in [5, 5.41) is 0. The molecule has 0 aliphatic rings. The summed E-state index contributed by atoms with van der Waals surface area (Å²) in [5.74, 6) is 0. The molecule has 0 aromatic heterocycles. The lowest BCUT2D eigenvalue weighted by Crippen LogP contribution is -2.34. The zero-order valence-electron chi connectivity index (χ0n) is 14.3. The van der Waals surface area contributed by atoms with Crippen molar-refractivity contribution in [1.29, 1.82) is 0 Å². The number of hydrogen-bond donors (Lipinski definition) is 3. The summed E-state index contributed by atoms with van der Waals surface area (Å²) >= 11 is 0. The predicted molar refractivity (Wildman–Crippen MR) is 99.5 cm³/mol. The highest BCUT2D eigenvalue weighted by Crippen LogP contribution is 2.14. The van der Waals surface area contributed by atoms with Gasteiger partial charge in [-0.25, -0.2) is 39.4 Å². The normalized spacial score (nSPS) is 12.8. The van der Waals surface area contributed by atoms with Crippen molar-refractivity contribution >= 4 is 30.1 Å². The van der Waals surface area contributed by atoms with E-state index in [2.05, 4.69) is 14.2 Å². The fraction of sp³-hybridized carbons (Fsp3) is 0.200. The molecule has 0 heterocycles. The highest BCUT2D eigenvalue weighted by molar-refractivity contribution is 7.90. The molecule has 12 heteroatoms. The highest BCUT2D eigenvalue weighted by Gasteiger charge is 2.17. The first kappa shape index (κ1) is 21.5. The Morgan fingerprint density at radius 3 is 1.37 bits per heavy atom. The fourth-order valence-corrected chi connectivity index (χ4v) is 4.87. The van der Waals surface area contributed by atoms with Gasteiger partial charge in [0, 0.05) is 13.1 Å². The van der Waals surface area contributed by atoms with E-state index in [0.29, 0.717) is 0 Å². The average molecular weight is 434 g/mol. The van der Waals surface area contributed by atoms with E-state index in [4.69, 9.17) is 0 Å². The van der Waals surface area contributed by atoms with Crippen LogP contribution in [-0.2, 0) is 30.1 Å². The van der Waals surface area contributed by atoms with Crippen molar-refractivity contribution in [3.05, 3.63) is 54.6 Å². The number of benzene rings is 2. The summed E-state index contributed by atoms with van der Waals surface area (Å²) in [7, 11) is -10.1. The average Bonchev–Trinajstić information content (AvgIpc) is 2.66. The van der Waals surface area contributed by atoms with Gasteiger partial charge < -0.3 is 0 Å². The molecule has 148 valence electrons. The summed E-state index contributed by atoms with van der Waals surface area (Å²) in [4.78, 5) is -0.128. The second kappa shape index (κ2) is 8.46. The van der Waals surface area contributed by atoms with Crippen LogP contribution in [0.2, 0.25) is 0 Å². The molecular formula is C15H19N3O6S3. The SMILES string of the molecule is CNS(=O)(=O)c1ccc(S(=O)(=O)NCCNS(=O)(=O)c2ccccc2)cc1. The van der Waals surface area contributed by atoms with Crippen molar-refractivity contribution in [3.63, 3.8) is 0 Å². The standard InChI is InChI=1S/C15H19N3O6S3/c1-16-25(19,20)14-7-9-15(10-8-14)27(23,24)18-12-11-17-26(21,22)13-5-3-2-4-6-13/h2-10,16-18H,11-12H2,1H3. The Bertz CT molecular complexity index is 1080. The zero-order chi connectivity index (χ0) is 20.1. The third-order valence-electron chi connectivity index (χ3n) is 3.48. The molecule has 0 aliphatic carbocycles. The summed E-state index contributed by atoms with van der Waals surface area (Å²) in [6.07, 6.45) is 0. The van der Waals surface area contributed by atoms with Crippen LogP contribution in [0.15, 0.2) is 69.3 Å². The van der Waals surface area contributed by atoms with Gasteiger partial charge in [0.2, 0.25) is 30.1 Å². The molecule has 9 nitrogen and oxygen atoms in total. The lowest BCUT2D eigenvalue weighted by Gasteiger charge is -2.09. The smallest absolute Gasteiger partial charge is 0.214 e. The molecule has 3 N–H and O–H groups in total. The molecule has 0 aliphatic heterocycles. The van der Waals surface area contributed by atoms with E-state index in [-0.39, 0.29) is 27.8 Å². The summed E-state index contributed by atoms with van der Waals surface area (Å²) in [6.45, 7) is -0.326. The molecule has 0 amide bonds. The van der Waals surface area contributed by atoms with Crippen LogP contribution < -0.4 is 14.2 Å². The molecular weight excluding hydrogens is 414 g/mol. The minimum Gasteiger partial charge on any atom is -0.214 e. The molecule has 2 aromatic rings. The third-order valence-corrected chi connectivity index (χ3v) is 7.86.